The molecule has 2 nitrogen and oxygen atoms in total. The van der Waals surface area contributed by atoms with Crippen LogP contribution in [0, 0.1) is 11.4 Å². The van der Waals surface area contributed by atoms with Crippen LogP contribution >= 0.6 is 12.2 Å². The van der Waals surface area contributed by atoms with Gasteiger partial charge in [0.2, 0.25) is 0 Å². The smallest absolute Gasteiger partial charge is 0.142 e. The highest BCUT2D eigenvalue weighted by atomic mass is 32.1. The van der Waals surface area contributed by atoms with Gasteiger partial charge < -0.3 is 9.72 Å². The predicted octanol–water partition coefficient (Wildman–Crippen LogP) is 3.21. The third-order valence-corrected chi connectivity index (χ3v) is 2.52. The van der Waals surface area contributed by atoms with Crippen LogP contribution in [0.25, 0.3) is 10.9 Å². The molecule has 0 spiro atoms. The van der Waals surface area contributed by atoms with Crippen LogP contribution < -0.4 is 4.74 Å². The SMILES string of the molecule is COc1cccc2c(=S)cc(C)[nH]c12. The predicted molar refractivity (Wildman–Crippen MR) is 60.4 cm³/mol. The molecule has 14 heavy (non-hydrogen) atoms. The first-order chi connectivity index (χ1) is 6.72. The lowest BCUT2D eigenvalue weighted by molar-refractivity contribution is 0.419. The Hall–Kier alpha value is -1.35. The molecule has 0 unspecified atom stereocenters. The summed E-state index contributed by atoms with van der Waals surface area (Å²) in [4.78, 5) is 3.26. The zero-order valence-electron chi connectivity index (χ0n) is 8.13. The number of rotatable bonds is 1. The van der Waals surface area contributed by atoms with Crippen LogP contribution in [0.15, 0.2) is 24.3 Å². The van der Waals surface area contributed by atoms with Gasteiger partial charge >= 0.3 is 0 Å². The molecule has 0 fully saturated rings. The molecule has 1 aromatic heterocycles. The number of hydrogen-bond acceptors (Lipinski definition) is 2. The van der Waals surface area contributed by atoms with Crippen molar-refractivity contribution in [2.75, 3.05) is 7.11 Å². The van der Waals surface area contributed by atoms with Gasteiger partial charge in [-0.1, -0.05) is 24.4 Å². The largest absolute Gasteiger partial charge is 0.495 e. The molecular formula is C11H11NOS. The van der Waals surface area contributed by atoms with Crippen molar-refractivity contribution >= 4 is 23.1 Å². The number of nitrogens with one attached hydrogen (secondary N) is 1. The summed E-state index contributed by atoms with van der Waals surface area (Å²) in [6, 6.07) is 7.82. The Morgan fingerprint density at radius 2 is 2.14 bits per heavy atom. The normalized spacial score (nSPS) is 10.4. The van der Waals surface area contributed by atoms with Gasteiger partial charge in [0.15, 0.2) is 0 Å². The summed E-state index contributed by atoms with van der Waals surface area (Å²) in [6.07, 6.45) is 0. The number of para-hydroxylation sites is 1. The van der Waals surface area contributed by atoms with Crippen molar-refractivity contribution in [2.45, 2.75) is 6.92 Å². The number of methoxy groups -OCH3 is 1. The van der Waals surface area contributed by atoms with Crippen LogP contribution in [0.4, 0.5) is 0 Å². The molecule has 1 N–H and O–H groups in total. The lowest BCUT2D eigenvalue weighted by Gasteiger charge is -2.06. The number of hydrogen-bond donors (Lipinski definition) is 1. The van der Waals surface area contributed by atoms with Gasteiger partial charge in [-0.2, -0.15) is 0 Å². The highest BCUT2D eigenvalue weighted by Crippen LogP contribution is 2.24. The second-order valence-corrected chi connectivity index (χ2v) is 3.64. The van der Waals surface area contributed by atoms with Gasteiger partial charge in [0.05, 0.1) is 12.6 Å². The molecule has 2 aromatic rings. The molecule has 0 saturated carbocycles. The third kappa shape index (κ3) is 1.40. The summed E-state index contributed by atoms with van der Waals surface area (Å²) in [7, 11) is 1.66. The molecular weight excluding hydrogens is 194 g/mol. The summed E-state index contributed by atoms with van der Waals surface area (Å²) < 4.78 is 6.12. The molecule has 0 atom stereocenters. The Balaban J connectivity index is 2.94. The number of benzene rings is 1. The second-order valence-electron chi connectivity index (χ2n) is 3.20. The Labute approximate surface area is 87.5 Å². The highest BCUT2D eigenvalue weighted by molar-refractivity contribution is 7.71. The first-order valence-electron chi connectivity index (χ1n) is 4.39. The number of aromatic amines is 1. The molecule has 1 aromatic carbocycles. The van der Waals surface area contributed by atoms with E-state index in [9.17, 15) is 0 Å². The van der Waals surface area contributed by atoms with Crippen LogP contribution in [0.3, 0.4) is 0 Å². The molecule has 0 amide bonds. The van der Waals surface area contributed by atoms with Gasteiger partial charge in [-0.05, 0) is 19.1 Å². The highest BCUT2D eigenvalue weighted by Gasteiger charge is 2.02. The van der Waals surface area contributed by atoms with E-state index in [0.29, 0.717) is 0 Å². The minimum atomic E-state index is 0.831. The number of aryl methyl sites for hydroxylation is 1. The van der Waals surface area contributed by atoms with E-state index in [1.807, 2.05) is 31.2 Å². The van der Waals surface area contributed by atoms with E-state index in [1.54, 1.807) is 7.11 Å². The van der Waals surface area contributed by atoms with E-state index in [-0.39, 0.29) is 0 Å². The molecule has 72 valence electrons. The van der Waals surface area contributed by atoms with Crippen molar-refractivity contribution < 1.29 is 4.74 Å². The minimum absolute atomic E-state index is 0.831. The van der Waals surface area contributed by atoms with E-state index in [1.165, 1.54) is 0 Å². The van der Waals surface area contributed by atoms with E-state index in [0.717, 1.165) is 26.9 Å². The monoisotopic (exact) mass is 205 g/mol. The van der Waals surface area contributed by atoms with Crippen LogP contribution in [-0.2, 0) is 0 Å². The number of ether oxygens (including phenoxy) is 1. The van der Waals surface area contributed by atoms with Gasteiger partial charge in [0, 0.05) is 15.6 Å². The van der Waals surface area contributed by atoms with Crippen LogP contribution in [0.1, 0.15) is 5.69 Å². The van der Waals surface area contributed by atoms with Crippen LogP contribution in [-0.4, -0.2) is 12.1 Å². The van der Waals surface area contributed by atoms with Crippen molar-refractivity contribution in [1.29, 1.82) is 0 Å². The number of pyridine rings is 1. The summed E-state index contributed by atoms with van der Waals surface area (Å²) in [6.45, 7) is 1.99. The van der Waals surface area contributed by atoms with E-state index in [2.05, 4.69) is 4.98 Å². The maximum atomic E-state index is 5.27. The van der Waals surface area contributed by atoms with Crippen molar-refractivity contribution in [2.24, 2.45) is 0 Å². The average molecular weight is 205 g/mol. The topological polar surface area (TPSA) is 25.0 Å². The minimum Gasteiger partial charge on any atom is -0.495 e. The quantitative estimate of drug-likeness (QED) is 0.723. The zero-order chi connectivity index (χ0) is 10.1. The number of fused-ring (bicyclic) bond motifs is 1. The molecule has 1 heterocycles. The molecule has 0 aliphatic rings. The van der Waals surface area contributed by atoms with Gasteiger partial charge in [-0.3, -0.25) is 0 Å². The summed E-state index contributed by atoms with van der Waals surface area (Å²) >= 11 is 5.27. The molecule has 0 bridgehead atoms. The van der Waals surface area contributed by atoms with Crippen LogP contribution in [0.2, 0.25) is 0 Å². The molecule has 0 saturated heterocycles. The van der Waals surface area contributed by atoms with Gasteiger partial charge in [0.1, 0.15) is 5.75 Å². The standard InChI is InChI=1S/C11H11NOS/c1-7-6-10(14)8-4-3-5-9(13-2)11(8)12-7/h3-6H,1-2H3,(H,12,14). The van der Waals surface area contributed by atoms with Crippen LogP contribution in [0.5, 0.6) is 5.75 Å². The summed E-state index contributed by atoms with van der Waals surface area (Å²) in [5, 5.41) is 1.03. The van der Waals surface area contributed by atoms with Gasteiger partial charge in [-0.25, -0.2) is 0 Å². The Morgan fingerprint density at radius 3 is 2.86 bits per heavy atom. The van der Waals surface area contributed by atoms with Crippen molar-refractivity contribution in [1.82, 2.24) is 4.98 Å². The first-order valence-corrected chi connectivity index (χ1v) is 4.80. The Kier molecular flexibility index (Phi) is 2.25. The molecule has 0 aliphatic carbocycles. The molecule has 2 rings (SSSR count). The molecule has 0 radical (unpaired) electrons. The Bertz CT molecular complexity index is 530. The Morgan fingerprint density at radius 1 is 1.36 bits per heavy atom. The van der Waals surface area contributed by atoms with Crippen molar-refractivity contribution in [3.05, 3.63) is 34.5 Å². The lowest BCUT2D eigenvalue weighted by Crippen LogP contribution is -1.89. The van der Waals surface area contributed by atoms with Crippen molar-refractivity contribution in [3.63, 3.8) is 0 Å². The van der Waals surface area contributed by atoms with E-state index < -0.39 is 0 Å². The fourth-order valence-electron chi connectivity index (χ4n) is 1.54. The average Bonchev–Trinajstić information content (AvgIpc) is 2.17. The lowest BCUT2D eigenvalue weighted by atomic mass is 10.2. The van der Waals surface area contributed by atoms with Gasteiger partial charge in [0.25, 0.3) is 0 Å². The van der Waals surface area contributed by atoms with E-state index >= 15 is 0 Å². The maximum Gasteiger partial charge on any atom is 0.142 e. The molecule has 0 aliphatic heterocycles. The zero-order valence-corrected chi connectivity index (χ0v) is 8.94. The first kappa shape index (κ1) is 9.21. The number of aromatic nitrogens is 1. The number of H-pyrrole nitrogens is 1. The third-order valence-electron chi connectivity index (χ3n) is 2.18. The van der Waals surface area contributed by atoms with Crippen molar-refractivity contribution in [3.8, 4) is 5.75 Å². The maximum absolute atomic E-state index is 5.27. The molecule has 3 heteroatoms. The fourth-order valence-corrected chi connectivity index (χ4v) is 1.89. The van der Waals surface area contributed by atoms with E-state index in [4.69, 9.17) is 17.0 Å². The second kappa shape index (κ2) is 3.42. The van der Waals surface area contributed by atoms with Gasteiger partial charge in [-0.15, -0.1) is 0 Å². The summed E-state index contributed by atoms with van der Waals surface area (Å²) in [5.41, 5.74) is 2.02. The summed E-state index contributed by atoms with van der Waals surface area (Å²) in [5.74, 6) is 0.831. The fraction of sp³-hybridized carbons (Fsp3) is 0.182.